The van der Waals surface area contributed by atoms with Gasteiger partial charge in [-0.25, -0.2) is 13.8 Å². The topological polar surface area (TPSA) is 115 Å². The van der Waals surface area contributed by atoms with Crippen molar-refractivity contribution in [2.75, 3.05) is 12.3 Å². The molecule has 1 amide bonds. The highest BCUT2D eigenvalue weighted by atomic mass is 35.5. The van der Waals surface area contributed by atoms with Crippen LogP contribution in [0.2, 0.25) is 5.02 Å². The third-order valence-corrected chi connectivity index (χ3v) is 5.24. The fourth-order valence-electron chi connectivity index (χ4n) is 3.29. The monoisotopic (exact) mass is 463 g/mol. The van der Waals surface area contributed by atoms with Crippen molar-refractivity contribution in [3.05, 3.63) is 88.6 Å². The molecule has 0 fully saturated rings. The number of carbonyl (C=O) groups excluding carboxylic acids is 1. The van der Waals surface area contributed by atoms with E-state index < -0.39 is 0 Å². The van der Waals surface area contributed by atoms with E-state index in [1.54, 1.807) is 35.1 Å². The van der Waals surface area contributed by atoms with E-state index in [-0.39, 0.29) is 23.1 Å². The van der Waals surface area contributed by atoms with Gasteiger partial charge in [0, 0.05) is 17.8 Å². The van der Waals surface area contributed by atoms with Crippen molar-refractivity contribution in [1.82, 2.24) is 24.9 Å². The summed E-state index contributed by atoms with van der Waals surface area (Å²) >= 11 is 5.90. The van der Waals surface area contributed by atoms with Crippen LogP contribution in [0.1, 0.15) is 28.0 Å². The molecular weight excluding hydrogens is 445 g/mol. The molecule has 4 aromatic rings. The van der Waals surface area contributed by atoms with Crippen molar-refractivity contribution in [2.45, 2.75) is 12.8 Å². The highest BCUT2D eigenvalue weighted by Gasteiger charge is 2.17. The van der Waals surface area contributed by atoms with Gasteiger partial charge in [0.15, 0.2) is 0 Å². The van der Waals surface area contributed by atoms with Gasteiger partial charge in [-0.15, -0.1) is 0 Å². The zero-order valence-electron chi connectivity index (χ0n) is 17.4. The van der Waals surface area contributed by atoms with E-state index >= 15 is 0 Å². The van der Waals surface area contributed by atoms with Crippen molar-refractivity contribution in [3.63, 3.8) is 0 Å². The molecule has 0 spiro atoms. The highest BCUT2D eigenvalue weighted by Crippen LogP contribution is 2.21. The number of hydrogen-bond donors (Lipinski definition) is 2. The van der Waals surface area contributed by atoms with Crippen LogP contribution < -0.4 is 11.1 Å². The Labute approximate surface area is 194 Å². The van der Waals surface area contributed by atoms with Gasteiger partial charge in [0.1, 0.15) is 23.3 Å². The molecule has 0 saturated carbocycles. The predicted octanol–water partition coefficient (Wildman–Crippen LogP) is 3.67. The summed E-state index contributed by atoms with van der Waals surface area (Å²) < 4.78 is 16.2. The van der Waals surface area contributed by atoms with Gasteiger partial charge >= 0.3 is 0 Å². The predicted molar refractivity (Wildman–Crippen MR) is 122 cm³/mol. The lowest BCUT2D eigenvalue weighted by Crippen LogP contribution is -2.24. The SMILES string of the molecule is N#Cc1c(CCCNC(=O)c2cnn(-c3ccc(Cl)cc3)c2)nn(-c2ccc(F)cc2)c1N. The van der Waals surface area contributed by atoms with E-state index in [1.807, 2.05) is 0 Å². The van der Waals surface area contributed by atoms with Crippen LogP contribution in [0.15, 0.2) is 60.9 Å². The maximum atomic E-state index is 13.2. The maximum Gasteiger partial charge on any atom is 0.254 e. The number of anilines is 1. The average molecular weight is 464 g/mol. The number of nitrogens with two attached hydrogens (primary N) is 1. The van der Waals surface area contributed by atoms with E-state index in [1.165, 1.54) is 35.1 Å². The minimum Gasteiger partial charge on any atom is -0.382 e. The first-order valence-electron chi connectivity index (χ1n) is 10.1. The van der Waals surface area contributed by atoms with Crippen LogP contribution in [0.5, 0.6) is 0 Å². The first kappa shape index (κ1) is 22.0. The second kappa shape index (κ2) is 9.54. The Morgan fingerprint density at radius 1 is 1.15 bits per heavy atom. The first-order valence-corrected chi connectivity index (χ1v) is 10.5. The van der Waals surface area contributed by atoms with Crippen molar-refractivity contribution in [3.8, 4) is 17.4 Å². The summed E-state index contributed by atoms with van der Waals surface area (Å²) in [5.74, 6) is -0.440. The summed E-state index contributed by atoms with van der Waals surface area (Å²) in [6.45, 7) is 0.374. The van der Waals surface area contributed by atoms with Gasteiger partial charge in [-0.2, -0.15) is 15.5 Å². The van der Waals surface area contributed by atoms with Crippen LogP contribution in [0, 0.1) is 17.1 Å². The molecule has 4 rings (SSSR count). The zero-order chi connectivity index (χ0) is 23.4. The Morgan fingerprint density at radius 2 is 1.85 bits per heavy atom. The number of rotatable bonds is 7. The number of benzene rings is 2. The quantitative estimate of drug-likeness (QED) is 0.406. The number of aromatic nitrogens is 4. The maximum absolute atomic E-state index is 13.2. The van der Waals surface area contributed by atoms with Gasteiger partial charge in [-0.3, -0.25) is 4.79 Å². The lowest BCUT2D eigenvalue weighted by Gasteiger charge is -2.03. The third kappa shape index (κ3) is 4.86. The molecule has 33 heavy (non-hydrogen) atoms. The zero-order valence-corrected chi connectivity index (χ0v) is 18.1. The molecule has 0 aliphatic heterocycles. The number of carbonyl (C=O) groups is 1. The number of hydrogen-bond acceptors (Lipinski definition) is 5. The fraction of sp³-hybridized carbons (Fsp3) is 0.130. The van der Waals surface area contributed by atoms with Crippen molar-refractivity contribution in [2.24, 2.45) is 0 Å². The normalized spacial score (nSPS) is 10.7. The molecule has 0 aliphatic carbocycles. The minimum absolute atomic E-state index is 0.192. The van der Waals surface area contributed by atoms with Gasteiger partial charge in [-0.05, 0) is 61.4 Å². The number of amides is 1. The Hall–Kier alpha value is -4.16. The van der Waals surface area contributed by atoms with Crippen LogP contribution >= 0.6 is 11.6 Å². The number of nitriles is 1. The molecule has 10 heteroatoms. The second-order valence-electron chi connectivity index (χ2n) is 7.22. The number of halogens is 2. The summed E-state index contributed by atoms with van der Waals surface area (Å²) in [5.41, 5.74) is 8.63. The molecule has 0 aliphatic rings. The summed E-state index contributed by atoms with van der Waals surface area (Å²) in [4.78, 5) is 12.4. The number of nitrogens with zero attached hydrogens (tertiary/aromatic N) is 5. The largest absolute Gasteiger partial charge is 0.382 e. The molecule has 0 bridgehead atoms. The van der Waals surface area contributed by atoms with Crippen LogP contribution in [0.25, 0.3) is 11.4 Å². The van der Waals surface area contributed by atoms with E-state index in [4.69, 9.17) is 17.3 Å². The van der Waals surface area contributed by atoms with Gasteiger partial charge < -0.3 is 11.1 Å². The molecule has 0 atom stereocenters. The van der Waals surface area contributed by atoms with Crippen molar-refractivity contribution >= 4 is 23.3 Å². The Balaban J connectivity index is 1.36. The van der Waals surface area contributed by atoms with Crippen LogP contribution in [0.4, 0.5) is 10.2 Å². The van der Waals surface area contributed by atoms with E-state index in [0.29, 0.717) is 41.4 Å². The molecule has 3 N–H and O–H groups in total. The third-order valence-electron chi connectivity index (χ3n) is 4.99. The molecule has 2 heterocycles. The van der Waals surface area contributed by atoms with Gasteiger partial charge in [-0.1, -0.05) is 11.6 Å². The lowest BCUT2D eigenvalue weighted by atomic mass is 10.1. The van der Waals surface area contributed by atoms with E-state index in [0.717, 1.165) is 5.69 Å². The number of nitrogen functional groups attached to an aromatic ring is 1. The van der Waals surface area contributed by atoms with Crippen molar-refractivity contribution < 1.29 is 9.18 Å². The van der Waals surface area contributed by atoms with E-state index in [9.17, 15) is 14.4 Å². The van der Waals surface area contributed by atoms with Gasteiger partial charge in [0.05, 0.1) is 28.8 Å². The second-order valence-corrected chi connectivity index (χ2v) is 7.65. The number of aryl methyl sites for hydroxylation is 1. The Morgan fingerprint density at radius 3 is 2.55 bits per heavy atom. The van der Waals surface area contributed by atoms with Crippen LogP contribution in [0.3, 0.4) is 0 Å². The highest BCUT2D eigenvalue weighted by molar-refractivity contribution is 6.30. The minimum atomic E-state index is -0.375. The summed E-state index contributed by atoms with van der Waals surface area (Å²) in [7, 11) is 0. The van der Waals surface area contributed by atoms with Gasteiger partial charge in [0.25, 0.3) is 5.91 Å². The number of nitrogens with one attached hydrogen (secondary N) is 1. The van der Waals surface area contributed by atoms with Crippen molar-refractivity contribution in [1.29, 1.82) is 5.26 Å². The molecule has 8 nitrogen and oxygen atoms in total. The molecule has 0 saturated heterocycles. The molecule has 0 radical (unpaired) electrons. The van der Waals surface area contributed by atoms with Crippen LogP contribution in [-0.2, 0) is 6.42 Å². The molecular formula is C23H19ClFN7O. The molecule has 2 aromatic heterocycles. The van der Waals surface area contributed by atoms with Crippen LogP contribution in [-0.4, -0.2) is 32.0 Å². The van der Waals surface area contributed by atoms with Gasteiger partial charge in [0.2, 0.25) is 0 Å². The molecule has 166 valence electrons. The Kier molecular flexibility index (Phi) is 6.38. The average Bonchev–Trinajstić information content (AvgIpc) is 3.43. The first-order chi connectivity index (χ1) is 16.0. The standard InChI is InChI=1S/C23H19ClFN7O/c24-16-3-7-18(8-4-16)31-14-15(13-29-31)23(33)28-11-1-2-21-20(12-26)22(27)32(30-21)19-9-5-17(25)6-10-19/h3-10,13-14H,1-2,11,27H2,(H,28,33). The summed E-state index contributed by atoms with van der Waals surface area (Å²) in [6, 6.07) is 14.9. The Bertz CT molecular complexity index is 1320. The summed E-state index contributed by atoms with van der Waals surface area (Å²) in [5, 5.41) is 21.6. The molecule has 2 aromatic carbocycles. The van der Waals surface area contributed by atoms with E-state index in [2.05, 4.69) is 21.6 Å². The summed E-state index contributed by atoms with van der Waals surface area (Å²) in [6.07, 6.45) is 4.11. The smallest absolute Gasteiger partial charge is 0.254 e. The molecule has 0 unspecified atom stereocenters. The lowest BCUT2D eigenvalue weighted by molar-refractivity contribution is 0.0953. The fourth-order valence-corrected chi connectivity index (χ4v) is 3.42.